The van der Waals surface area contributed by atoms with Crippen LogP contribution in [0.3, 0.4) is 0 Å². The lowest BCUT2D eigenvalue weighted by atomic mass is 9.78. The second-order valence-corrected chi connectivity index (χ2v) is 4.86. The number of carboxylic acid groups (broad SMARTS) is 1. The molecular weight excluding hydrogens is 270 g/mol. The number of nitrogens with zero attached hydrogens (tertiary/aromatic N) is 1. The summed E-state index contributed by atoms with van der Waals surface area (Å²) in [4.78, 5) is 16.2. The molecule has 1 N–H and O–H groups in total. The van der Waals surface area contributed by atoms with Crippen LogP contribution in [-0.4, -0.2) is 30.0 Å². The molecule has 0 spiro atoms. The van der Waals surface area contributed by atoms with Gasteiger partial charge in [0.05, 0.1) is 12.0 Å². The molecule has 0 aromatic heterocycles. The first-order chi connectivity index (χ1) is 8.99. The highest BCUT2D eigenvalue weighted by atomic mass is 35.5. The molecule has 1 aliphatic rings. The number of halogens is 1. The summed E-state index contributed by atoms with van der Waals surface area (Å²) in [6.45, 7) is 4.24. The van der Waals surface area contributed by atoms with Crippen molar-refractivity contribution in [3.63, 3.8) is 0 Å². The van der Waals surface area contributed by atoms with Gasteiger partial charge in [-0.1, -0.05) is 22.8 Å². The number of hydrogen-bond acceptors (Lipinski definition) is 4. The molecule has 0 saturated heterocycles. The van der Waals surface area contributed by atoms with Gasteiger partial charge in [-0.25, -0.2) is 4.79 Å². The van der Waals surface area contributed by atoms with Gasteiger partial charge in [-0.3, -0.25) is 0 Å². The third kappa shape index (κ3) is 2.38. The molecule has 0 saturated carbocycles. The van der Waals surface area contributed by atoms with E-state index in [2.05, 4.69) is 5.16 Å². The molecule has 102 valence electrons. The smallest absolute Gasteiger partial charge is 0.354 e. The summed E-state index contributed by atoms with van der Waals surface area (Å²) in [6.07, 6.45) is 0. The SMILES string of the molecule is CCOc1cc(Cl)ccc1C1(C)CON=C1C(=O)O. The second-order valence-electron chi connectivity index (χ2n) is 4.42. The first-order valence-electron chi connectivity index (χ1n) is 5.85. The van der Waals surface area contributed by atoms with Crippen LogP contribution in [0.25, 0.3) is 0 Å². The van der Waals surface area contributed by atoms with Gasteiger partial charge in [-0.05, 0) is 26.0 Å². The van der Waals surface area contributed by atoms with E-state index in [4.69, 9.17) is 21.2 Å². The van der Waals surface area contributed by atoms with E-state index in [9.17, 15) is 9.90 Å². The fourth-order valence-electron chi connectivity index (χ4n) is 2.10. The number of rotatable bonds is 4. The molecule has 1 atom stereocenters. The lowest BCUT2D eigenvalue weighted by molar-refractivity contribution is -0.129. The van der Waals surface area contributed by atoms with Gasteiger partial charge in [-0.15, -0.1) is 0 Å². The number of oxime groups is 1. The van der Waals surface area contributed by atoms with Crippen LogP contribution in [0.5, 0.6) is 5.75 Å². The average Bonchev–Trinajstić information content (AvgIpc) is 2.73. The van der Waals surface area contributed by atoms with Crippen molar-refractivity contribution in [1.29, 1.82) is 0 Å². The van der Waals surface area contributed by atoms with E-state index < -0.39 is 11.4 Å². The van der Waals surface area contributed by atoms with Crippen molar-refractivity contribution >= 4 is 23.3 Å². The summed E-state index contributed by atoms with van der Waals surface area (Å²) >= 11 is 5.95. The zero-order valence-corrected chi connectivity index (χ0v) is 11.4. The standard InChI is InChI=1S/C13H14ClNO4/c1-3-18-10-6-8(14)4-5-9(10)13(2)7-19-15-11(13)12(16)17/h4-6H,3,7H2,1-2H3,(H,16,17). The molecule has 5 nitrogen and oxygen atoms in total. The van der Waals surface area contributed by atoms with Crippen LogP contribution >= 0.6 is 11.6 Å². The molecule has 1 aromatic rings. The van der Waals surface area contributed by atoms with Crippen LogP contribution < -0.4 is 4.74 Å². The zero-order chi connectivity index (χ0) is 14.0. The number of ether oxygens (including phenoxy) is 1. The third-order valence-electron chi connectivity index (χ3n) is 3.07. The monoisotopic (exact) mass is 283 g/mol. The Morgan fingerprint density at radius 3 is 3.00 bits per heavy atom. The Kier molecular flexibility index (Phi) is 3.66. The minimum absolute atomic E-state index is 0.0317. The van der Waals surface area contributed by atoms with Gasteiger partial charge in [0.15, 0.2) is 5.71 Å². The van der Waals surface area contributed by atoms with Crippen molar-refractivity contribution in [3.8, 4) is 5.75 Å². The lowest BCUT2D eigenvalue weighted by Crippen LogP contribution is -2.37. The summed E-state index contributed by atoms with van der Waals surface area (Å²) < 4.78 is 5.54. The van der Waals surface area contributed by atoms with Crippen LogP contribution in [0.15, 0.2) is 23.4 Å². The fraction of sp³-hybridized carbons (Fsp3) is 0.385. The second kappa shape index (κ2) is 5.09. The first-order valence-corrected chi connectivity index (χ1v) is 6.23. The van der Waals surface area contributed by atoms with E-state index in [0.717, 1.165) is 0 Å². The Labute approximate surface area is 115 Å². The predicted octanol–water partition coefficient (Wildman–Crippen LogP) is 2.47. The summed E-state index contributed by atoms with van der Waals surface area (Å²) in [6, 6.07) is 5.12. The number of carboxylic acids is 1. The molecule has 1 unspecified atom stereocenters. The molecule has 0 bridgehead atoms. The number of carbonyl (C=O) groups is 1. The maximum absolute atomic E-state index is 11.2. The Balaban J connectivity index is 2.51. The van der Waals surface area contributed by atoms with Gasteiger partial charge in [0.2, 0.25) is 0 Å². The van der Waals surface area contributed by atoms with E-state index in [1.165, 1.54) is 0 Å². The Bertz CT molecular complexity index is 543. The van der Waals surface area contributed by atoms with Gasteiger partial charge in [0.1, 0.15) is 12.4 Å². The van der Waals surface area contributed by atoms with E-state index in [1.54, 1.807) is 25.1 Å². The predicted molar refractivity (Wildman–Crippen MR) is 71.0 cm³/mol. The van der Waals surface area contributed by atoms with E-state index >= 15 is 0 Å². The van der Waals surface area contributed by atoms with Crippen molar-refractivity contribution in [2.45, 2.75) is 19.3 Å². The molecule has 1 aliphatic heterocycles. The van der Waals surface area contributed by atoms with Crippen LogP contribution in [0.1, 0.15) is 19.4 Å². The minimum atomic E-state index is -1.10. The molecule has 1 aromatic carbocycles. The van der Waals surface area contributed by atoms with Crippen molar-refractivity contribution in [2.24, 2.45) is 5.16 Å². The normalized spacial score (nSPS) is 21.7. The van der Waals surface area contributed by atoms with Gasteiger partial charge in [0, 0.05) is 10.6 Å². The molecule has 0 aliphatic carbocycles. The quantitative estimate of drug-likeness (QED) is 0.922. The number of hydrogen-bond donors (Lipinski definition) is 1. The summed E-state index contributed by atoms with van der Waals surface area (Å²) in [7, 11) is 0. The van der Waals surface area contributed by atoms with Crippen molar-refractivity contribution in [2.75, 3.05) is 13.2 Å². The first kappa shape index (κ1) is 13.7. The van der Waals surface area contributed by atoms with Gasteiger partial charge in [0.25, 0.3) is 0 Å². The van der Waals surface area contributed by atoms with Crippen LogP contribution in [0, 0.1) is 0 Å². The molecule has 1 heterocycles. The molecule has 19 heavy (non-hydrogen) atoms. The maximum atomic E-state index is 11.2. The van der Waals surface area contributed by atoms with Crippen molar-refractivity contribution in [1.82, 2.24) is 0 Å². The Morgan fingerprint density at radius 2 is 2.37 bits per heavy atom. The van der Waals surface area contributed by atoms with E-state index in [0.29, 0.717) is 22.9 Å². The van der Waals surface area contributed by atoms with Crippen molar-refractivity contribution < 1.29 is 19.5 Å². The molecule has 2 rings (SSSR count). The van der Waals surface area contributed by atoms with Crippen LogP contribution in [0.2, 0.25) is 5.02 Å². The molecular formula is C13H14ClNO4. The maximum Gasteiger partial charge on any atom is 0.354 e. The highest BCUT2D eigenvalue weighted by molar-refractivity contribution is 6.39. The van der Waals surface area contributed by atoms with Crippen molar-refractivity contribution in [3.05, 3.63) is 28.8 Å². The number of benzene rings is 1. The molecule has 0 fully saturated rings. The lowest BCUT2D eigenvalue weighted by Gasteiger charge is -2.24. The summed E-state index contributed by atoms with van der Waals surface area (Å²) in [5.74, 6) is -0.547. The Morgan fingerprint density at radius 1 is 1.63 bits per heavy atom. The molecule has 6 heteroatoms. The fourth-order valence-corrected chi connectivity index (χ4v) is 2.26. The van der Waals surface area contributed by atoms with Crippen LogP contribution in [0.4, 0.5) is 0 Å². The molecule has 0 radical (unpaired) electrons. The topological polar surface area (TPSA) is 68.1 Å². The minimum Gasteiger partial charge on any atom is -0.494 e. The number of aliphatic carboxylic acids is 1. The zero-order valence-electron chi connectivity index (χ0n) is 10.6. The van der Waals surface area contributed by atoms with Gasteiger partial charge in [-0.2, -0.15) is 0 Å². The van der Waals surface area contributed by atoms with E-state index in [1.807, 2.05) is 6.92 Å². The van der Waals surface area contributed by atoms with Crippen LogP contribution in [-0.2, 0) is 15.0 Å². The largest absolute Gasteiger partial charge is 0.494 e. The van der Waals surface area contributed by atoms with Gasteiger partial charge < -0.3 is 14.7 Å². The molecule has 0 amide bonds. The van der Waals surface area contributed by atoms with E-state index in [-0.39, 0.29) is 12.3 Å². The average molecular weight is 284 g/mol. The highest BCUT2D eigenvalue weighted by Crippen LogP contribution is 2.38. The summed E-state index contributed by atoms with van der Waals surface area (Å²) in [5.41, 5.74) is -0.172. The van der Waals surface area contributed by atoms with Gasteiger partial charge >= 0.3 is 5.97 Å². The summed E-state index contributed by atoms with van der Waals surface area (Å²) in [5, 5.41) is 13.4. The highest BCUT2D eigenvalue weighted by Gasteiger charge is 2.44. The third-order valence-corrected chi connectivity index (χ3v) is 3.31. The Hall–Kier alpha value is -1.75.